The predicted molar refractivity (Wildman–Crippen MR) is 134 cm³/mol. The molecule has 1 saturated carbocycles. The van der Waals surface area contributed by atoms with Gasteiger partial charge in [-0.05, 0) is 84.7 Å². The number of unbranched alkanes of at least 4 members (excludes halogenated alkanes) is 1. The number of methoxy groups -OCH3 is 2. The van der Waals surface area contributed by atoms with E-state index in [0.717, 1.165) is 37.2 Å². The van der Waals surface area contributed by atoms with E-state index in [2.05, 4.69) is 40.6 Å². The van der Waals surface area contributed by atoms with Crippen LogP contribution in [-0.2, 0) is 16.6 Å². The van der Waals surface area contributed by atoms with Crippen LogP contribution in [0.1, 0.15) is 36.0 Å². The number of aromatic nitrogens is 1. The number of hydrogen-bond donors (Lipinski definition) is 1. The molecule has 1 aliphatic rings. The topological polar surface area (TPSA) is 60.5 Å². The van der Waals surface area contributed by atoms with Crippen LogP contribution in [0.25, 0.3) is 0 Å². The van der Waals surface area contributed by atoms with E-state index in [-0.39, 0.29) is 17.2 Å². The van der Waals surface area contributed by atoms with Gasteiger partial charge < -0.3 is 14.8 Å². The number of carbonyl (C=O) groups is 1. The molecule has 2 aromatic carbocycles. The van der Waals surface area contributed by atoms with E-state index in [1.807, 2.05) is 42.6 Å². The number of rotatable bonds is 11. The number of hydrogen-bond acceptors (Lipinski definition) is 4. The maximum absolute atomic E-state index is 12.4. The van der Waals surface area contributed by atoms with E-state index >= 15 is 0 Å². The summed E-state index contributed by atoms with van der Waals surface area (Å²) in [5, 5.41) is 3.01. The molecule has 0 unspecified atom stereocenters. The third-order valence-electron chi connectivity index (χ3n) is 6.58. The molecular formula is C29H32N2O3. The Morgan fingerprint density at radius 1 is 1.03 bits per heavy atom. The summed E-state index contributed by atoms with van der Waals surface area (Å²) in [6.07, 6.45) is 11.3. The monoisotopic (exact) mass is 456 g/mol. The Morgan fingerprint density at radius 2 is 1.74 bits per heavy atom. The number of benzene rings is 2. The fraction of sp³-hybridized carbons (Fsp3) is 0.310. The van der Waals surface area contributed by atoms with Crippen molar-refractivity contribution in [3.8, 4) is 11.5 Å². The minimum Gasteiger partial charge on any atom is -0.497 e. The van der Waals surface area contributed by atoms with Crippen LogP contribution in [0, 0.1) is 5.92 Å². The van der Waals surface area contributed by atoms with E-state index in [4.69, 9.17) is 9.47 Å². The molecule has 1 amide bonds. The van der Waals surface area contributed by atoms with Crippen LogP contribution in [0.2, 0.25) is 0 Å². The lowest BCUT2D eigenvalue weighted by Gasteiger charge is -2.20. The number of carbonyl (C=O) groups excluding carboxylic acids is 1. The molecule has 0 aliphatic heterocycles. The van der Waals surface area contributed by atoms with Gasteiger partial charge in [0.05, 0.1) is 14.2 Å². The second kappa shape index (κ2) is 11.0. The normalized spacial score (nSPS) is 16.2. The van der Waals surface area contributed by atoms with Gasteiger partial charge in [-0.3, -0.25) is 9.78 Å². The molecule has 1 aliphatic carbocycles. The molecular weight excluding hydrogens is 424 g/mol. The Hall–Kier alpha value is -3.60. The largest absolute Gasteiger partial charge is 0.497 e. The van der Waals surface area contributed by atoms with Crippen LogP contribution in [0.15, 0.2) is 85.2 Å². The lowest BCUT2D eigenvalue weighted by molar-refractivity contribution is -0.116. The summed E-state index contributed by atoms with van der Waals surface area (Å²) in [4.78, 5) is 16.6. The zero-order valence-corrected chi connectivity index (χ0v) is 19.9. The fourth-order valence-corrected chi connectivity index (χ4v) is 4.63. The maximum atomic E-state index is 12.4. The summed E-state index contributed by atoms with van der Waals surface area (Å²) in [5.41, 5.74) is 3.41. The highest BCUT2D eigenvalue weighted by Crippen LogP contribution is 2.60. The third-order valence-corrected chi connectivity index (χ3v) is 6.58. The van der Waals surface area contributed by atoms with Crippen LogP contribution in [-0.4, -0.2) is 31.7 Å². The van der Waals surface area contributed by atoms with Gasteiger partial charge in [0.2, 0.25) is 5.91 Å². The SMILES string of the molecule is COc1cccc(C2(c3cccc(OC)c3)C[C@H]2C=CC(=O)NCCCCc2cccnc2)c1. The van der Waals surface area contributed by atoms with E-state index in [0.29, 0.717) is 6.54 Å². The van der Waals surface area contributed by atoms with Gasteiger partial charge >= 0.3 is 0 Å². The summed E-state index contributed by atoms with van der Waals surface area (Å²) in [6.45, 7) is 0.672. The summed E-state index contributed by atoms with van der Waals surface area (Å²) in [6, 6.07) is 20.5. The average molecular weight is 457 g/mol. The van der Waals surface area contributed by atoms with Crippen LogP contribution in [0.5, 0.6) is 11.5 Å². The van der Waals surface area contributed by atoms with Gasteiger partial charge in [-0.25, -0.2) is 0 Å². The van der Waals surface area contributed by atoms with Crippen LogP contribution in [0.4, 0.5) is 0 Å². The molecule has 5 heteroatoms. The summed E-state index contributed by atoms with van der Waals surface area (Å²) in [5.74, 6) is 1.85. The van der Waals surface area contributed by atoms with Crippen molar-refractivity contribution in [2.75, 3.05) is 20.8 Å². The second-order valence-electron chi connectivity index (χ2n) is 8.71. The quantitative estimate of drug-likeness (QED) is 0.322. The highest BCUT2D eigenvalue weighted by molar-refractivity contribution is 5.87. The second-order valence-corrected chi connectivity index (χ2v) is 8.71. The molecule has 0 bridgehead atoms. The summed E-state index contributed by atoms with van der Waals surface area (Å²) in [7, 11) is 3.37. The van der Waals surface area contributed by atoms with Crippen molar-refractivity contribution in [2.24, 2.45) is 5.92 Å². The van der Waals surface area contributed by atoms with Crippen molar-refractivity contribution in [1.29, 1.82) is 0 Å². The molecule has 0 radical (unpaired) electrons. The van der Waals surface area contributed by atoms with E-state index in [1.54, 1.807) is 26.5 Å². The van der Waals surface area contributed by atoms with Gasteiger partial charge in [0.25, 0.3) is 0 Å². The van der Waals surface area contributed by atoms with Crippen molar-refractivity contribution in [1.82, 2.24) is 10.3 Å². The molecule has 1 fully saturated rings. The molecule has 176 valence electrons. The molecule has 0 spiro atoms. The Kier molecular flexibility index (Phi) is 7.63. The first-order valence-corrected chi connectivity index (χ1v) is 11.8. The van der Waals surface area contributed by atoms with E-state index in [9.17, 15) is 4.79 Å². The third kappa shape index (κ3) is 5.48. The Bertz CT molecular complexity index is 1080. The minimum atomic E-state index is -0.191. The van der Waals surface area contributed by atoms with Gasteiger partial charge in [0, 0.05) is 24.4 Å². The number of pyridine rings is 1. The predicted octanol–water partition coefficient (Wildman–Crippen LogP) is 5.10. The Morgan fingerprint density at radius 3 is 2.35 bits per heavy atom. The molecule has 1 aromatic heterocycles. The van der Waals surface area contributed by atoms with Crippen molar-refractivity contribution >= 4 is 5.91 Å². The number of allylic oxidation sites excluding steroid dienone is 1. The molecule has 1 N–H and O–H groups in total. The smallest absolute Gasteiger partial charge is 0.243 e. The molecule has 34 heavy (non-hydrogen) atoms. The van der Waals surface area contributed by atoms with Gasteiger partial charge in [-0.1, -0.05) is 36.4 Å². The first kappa shape index (κ1) is 23.6. The zero-order chi connectivity index (χ0) is 23.8. The maximum Gasteiger partial charge on any atom is 0.243 e. The molecule has 5 nitrogen and oxygen atoms in total. The number of nitrogens with one attached hydrogen (secondary N) is 1. The van der Waals surface area contributed by atoms with Gasteiger partial charge in [0.15, 0.2) is 0 Å². The van der Waals surface area contributed by atoms with Crippen LogP contribution >= 0.6 is 0 Å². The molecule has 1 atom stereocenters. The summed E-state index contributed by atoms with van der Waals surface area (Å²) < 4.78 is 10.9. The summed E-state index contributed by atoms with van der Waals surface area (Å²) >= 11 is 0. The number of nitrogens with zero attached hydrogens (tertiary/aromatic N) is 1. The first-order valence-electron chi connectivity index (χ1n) is 11.8. The first-order chi connectivity index (χ1) is 16.7. The molecule has 1 heterocycles. The van der Waals surface area contributed by atoms with Crippen molar-refractivity contribution in [3.63, 3.8) is 0 Å². The molecule has 4 rings (SSSR count). The zero-order valence-electron chi connectivity index (χ0n) is 19.9. The standard InChI is InChI=1S/C29H32N2O3/c1-33-26-12-5-10-23(18-26)29(24-11-6-13-27(19-24)34-2)20-25(29)14-15-28(32)31-17-4-3-8-22-9-7-16-30-21-22/h5-7,9-16,18-19,21,25H,3-4,8,17,20H2,1-2H3,(H,31,32)/t25-/m1/s1. The minimum absolute atomic E-state index is 0.0431. The lowest BCUT2D eigenvalue weighted by atomic mass is 9.85. The number of ether oxygens (including phenoxy) is 2. The lowest BCUT2D eigenvalue weighted by Crippen LogP contribution is -2.22. The van der Waals surface area contributed by atoms with Gasteiger partial charge in [0.1, 0.15) is 11.5 Å². The van der Waals surface area contributed by atoms with Gasteiger partial charge in [-0.2, -0.15) is 0 Å². The Labute approximate surface area is 201 Å². The van der Waals surface area contributed by atoms with E-state index < -0.39 is 0 Å². The highest BCUT2D eigenvalue weighted by atomic mass is 16.5. The Balaban J connectivity index is 1.38. The number of aryl methyl sites for hydroxylation is 1. The van der Waals surface area contributed by atoms with Crippen molar-refractivity contribution in [3.05, 3.63) is 102 Å². The number of amides is 1. The fourth-order valence-electron chi connectivity index (χ4n) is 4.63. The van der Waals surface area contributed by atoms with Crippen LogP contribution < -0.4 is 14.8 Å². The van der Waals surface area contributed by atoms with Crippen molar-refractivity contribution < 1.29 is 14.3 Å². The molecule has 3 aromatic rings. The molecule has 0 saturated heterocycles. The van der Waals surface area contributed by atoms with Crippen LogP contribution in [0.3, 0.4) is 0 Å². The average Bonchev–Trinajstić information content (AvgIpc) is 3.63. The van der Waals surface area contributed by atoms with Crippen molar-refractivity contribution in [2.45, 2.75) is 31.1 Å². The van der Waals surface area contributed by atoms with Gasteiger partial charge in [-0.15, -0.1) is 0 Å². The van der Waals surface area contributed by atoms with E-state index in [1.165, 1.54) is 16.7 Å². The highest BCUT2D eigenvalue weighted by Gasteiger charge is 2.55.